The molecule has 0 N–H and O–H groups in total. The van der Waals surface area contributed by atoms with E-state index >= 15 is 0 Å². The summed E-state index contributed by atoms with van der Waals surface area (Å²) in [5.41, 5.74) is 0. The van der Waals surface area contributed by atoms with E-state index in [-0.39, 0.29) is 40.1 Å². The van der Waals surface area contributed by atoms with Gasteiger partial charge in [-0.2, -0.15) is 6.42 Å². The molecule has 0 nitrogen and oxygen atoms in total. The molecule has 0 aliphatic heterocycles. The maximum Gasteiger partial charge on any atom is 0 e. The summed E-state index contributed by atoms with van der Waals surface area (Å²) in [6, 6.07) is 0. The van der Waals surface area contributed by atoms with Crippen LogP contribution in [-0.2, 0) is 32.7 Å². The van der Waals surface area contributed by atoms with E-state index in [4.69, 9.17) is 0 Å². The van der Waals surface area contributed by atoms with Crippen molar-refractivity contribution in [3.8, 4) is 0 Å². The Hall–Kier alpha value is 1.10. The van der Waals surface area contributed by atoms with E-state index in [9.17, 15) is 0 Å². The fourth-order valence-electron chi connectivity index (χ4n) is 2.12. The molecule has 0 aliphatic carbocycles. The van der Waals surface area contributed by atoms with Crippen LogP contribution in [0.5, 0.6) is 0 Å². The number of hydrogen-bond acceptors (Lipinski definition) is 0. The van der Waals surface area contributed by atoms with Gasteiger partial charge in [0, 0.05) is 32.7 Å². The van der Waals surface area contributed by atoms with Crippen LogP contribution in [0.1, 0.15) is 79.1 Å². The molecule has 0 amide bonds. The molecule has 0 aromatic heterocycles. The van der Waals surface area contributed by atoms with Crippen LogP contribution in [0, 0.1) is 32.1 Å². The van der Waals surface area contributed by atoms with Gasteiger partial charge in [0.2, 0.25) is 0 Å². The van der Waals surface area contributed by atoms with Crippen molar-refractivity contribution in [1.29, 1.82) is 0 Å². The second-order valence-corrected chi connectivity index (χ2v) is 5.87. The minimum Gasteiger partial charge on any atom is -0.358 e. The first kappa shape index (κ1) is 24.1. The summed E-state index contributed by atoms with van der Waals surface area (Å²) in [4.78, 5) is 0. The van der Waals surface area contributed by atoms with E-state index < -0.39 is 0 Å². The minimum absolute atomic E-state index is 0. The molecule has 1 heteroatoms. The Morgan fingerprint density at radius 3 is 1.56 bits per heavy atom. The topological polar surface area (TPSA) is 0 Å². The Bertz CT molecular complexity index is 129. The van der Waals surface area contributed by atoms with E-state index in [2.05, 4.69) is 34.6 Å². The Balaban J connectivity index is -0.00000112. The van der Waals surface area contributed by atoms with Crippen molar-refractivity contribution in [3.05, 3.63) is 14.4 Å². The molecular formula is C17H36Y-2. The zero-order valence-electron chi connectivity index (χ0n) is 13.7. The maximum atomic E-state index is 3.96. The molecule has 0 aromatic carbocycles. The van der Waals surface area contributed by atoms with Crippen LogP contribution in [0.2, 0.25) is 0 Å². The Morgan fingerprint density at radius 2 is 1.17 bits per heavy atom. The summed E-state index contributed by atoms with van der Waals surface area (Å²) in [6.07, 6.45) is 10.9. The summed E-state index contributed by atoms with van der Waals surface area (Å²) < 4.78 is 0. The fraction of sp³-hybridized carbons (Fsp3) is 0.882. The SMILES string of the molecule is [CH2-]CC(C)CCCC(C)CCCC(C)CC.[CH3-].[Y]. The summed E-state index contributed by atoms with van der Waals surface area (Å²) in [5.74, 6) is 2.69. The molecule has 0 fully saturated rings. The summed E-state index contributed by atoms with van der Waals surface area (Å²) in [6.45, 7) is 13.4. The smallest absolute Gasteiger partial charge is 0 e. The van der Waals surface area contributed by atoms with Crippen molar-refractivity contribution in [3.63, 3.8) is 0 Å². The molecule has 0 heterocycles. The third-order valence-electron chi connectivity index (χ3n) is 3.98. The molecule has 0 saturated heterocycles. The van der Waals surface area contributed by atoms with Gasteiger partial charge in [0.15, 0.2) is 0 Å². The van der Waals surface area contributed by atoms with Crippen LogP contribution in [0.15, 0.2) is 0 Å². The number of hydrogen-bond donors (Lipinski definition) is 0. The second kappa shape index (κ2) is 16.2. The molecule has 109 valence electrons. The quantitative estimate of drug-likeness (QED) is 0.412. The first-order chi connectivity index (χ1) is 7.60. The van der Waals surface area contributed by atoms with Gasteiger partial charge < -0.3 is 14.4 Å². The van der Waals surface area contributed by atoms with Gasteiger partial charge in [-0.15, -0.1) is 0 Å². The first-order valence-electron chi connectivity index (χ1n) is 7.39. The van der Waals surface area contributed by atoms with Gasteiger partial charge in [0.1, 0.15) is 0 Å². The van der Waals surface area contributed by atoms with Gasteiger partial charge >= 0.3 is 0 Å². The summed E-state index contributed by atoms with van der Waals surface area (Å²) >= 11 is 0. The largest absolute Gasteiger partial charge is 0.358 e. The van der Waals surface area contributed by atoms with Crippen LogP contribution < -0.4 is 0 Å². The Kier molecular flexibility index (Phi) is 21.7. The fourth-order valence-corrected chi connectivity index (χ4v) is 2.12. The minimum atomic E-state index is 0. The van der Waals surface area contributed by atoms with Gasteiger partial charge in [-0.3, -0.25) is 0 Å². The van der Waals surface area contributed by atoms with Gasteiger partial charge in [-0.25, -0.2) is 0 Å². The van der Waals surface area contributed by atoms with Crippen LogP contribution in [-0.4, -0.2) is 0 Å². The van der Waals surface area contributed by atoms with Gasteiger partial charge in [0.05, 0.1) is 0 Å². The molecular weight excluding hydrogens is 293 g/mol. The molecule has 0 saturated carbocycles. The third kappa shape index (κ3) is 15.2. The molecule has 1 radical (unpaired) electrons. The number of rotatable bonds is 10. The average Bonchev–Trinajstić information content (AvgIpc) is 2.28. The van der Waals surface area contributed by atoms with Crippen LogP contribution >= 0.6 is 0 Å². The maximum absolute atomic E-state index is 3.96. The van der Waals surface area contributed by atoms with Crippen LogP contribution in [0.3, 0.4) is 0 Å². The van der Waals surface area contributed by atoms with Gasteiger partial charge in [-0.1, -0.05) is 78.6 Å². The van der Waals surface area contributed by atoms with Crippen molar-refractivity contribution in [2.24, 2.45) is 17.8 Å². The van der Waals surface area contributed by atoms with Gasteiger partial charge in [-0.05, 0) is 11.8 Å². The van der Waals surface area contributed by atoms with E-state index in [0.717, 1.165) is 24.2 Å². The Morgan fingerprint density at radius 1 is 0.778 bits per heavy atom. The Labute approximate surface area is 143 Å². The van der Waals surface area contributed by atoms with E-state index in [0.29, 0.717) is 0 Å². The molecule has 0 bridgehead atoms. The summed E-state index contributed by atoms with van der Waals surface area (Å²) in [7, 11) is 0. The van der Waals surface area contributed by atoms with Crippen LogP contribution in [0.4, 0.5) is 0 Å². The standard InChI is InChI=1S/C16H33.CH3.Y/c1-6-14(3)10-8-12-16(5)13-9-11-15(4)7-2;;/h14-16H,1,6-13H2,2-5H3;1H3;/q2*-1;. The average molecular weight is 329 g/mol. The van der Waals surface area contributed by atoms with Crippen molar-refractivity contribution < 1.29 is 32.7 Å². The van der Waals surface area contributed by atoms with Crippen molar-refractivity contribution in [2.75, 3.05) is 0 Å². The predicted octanol–water partition coefficient (Wildman–Crippen LogP) is 6.32. The molecule has 3 atom stereocenters. The van der Waals surface area contributed by atoms with Crippen molar-refractivity contribution in [1.82, 2.24) is 0 Å². The molecule has 0 aromatic rings. The normalized spacial score (nSPS) is 15.2. The monoisotopic (exact) mass is 329 g/mol. The third-order valence-corrected chi connectivity index (χ3v) is 3.98. The zero-order valence-corrected chi connectivity index (χ0v) is 16.5. The van der Waals surface area contributed by atoms with E-state index in [1.807, 2.05) is 0 Å². The van der Waals surface area contributed by atoms with E-state index in [1.165, 1.54) is 44.9 Å². The predicted molar refractivity (Wildman–Crippen MR) is 81.9 cm³/mol. The first-order valence-corrected chi connectivity index (χ1v) is 7.39. The second-order valence-electron chi connectivity index (χ2n) is 5.87. The van der Waals surface area contributed by atoms with Crippen molar-refractivity contribution in [2.45, 2.75) is 79.1 Å². The van der Waals surface area contributed by atoms with Crippen molar-refractivity contribution >= 4 is 0 Å². The van der Waals surface area contributed by atoms with Crippen LogP contribution in [0.25, 0.3) is 0 Å². The van der Waals surface area contributed by atoms with E-state index in [1.54, 1.807) is 0 Å². The molecule has 0 rings (SSSR count). The molecule has 0 aliphatic rings. The summed E-state index contributed by atoms with van der Waals surface area (Å²) in [5, 5.41) is 0. The van der Waals surface area contributed by atoms with Gasteiger partial charge in [0.25, 0.3) is 0 Å². The molecule has 0 spiro atoms. The molecule has 18 heavy (non-hydrogen) atoms. The zero-order chi connectivity index (χ0) is 12.4. The molecule has 3 unspecified atom stereocenters.